The van der Waals surface area contributed by atoms with Crippen molar-refractivity contribution >= 4 is 5.52 Å². The zero-order valence-corrected chi connectivity index (χ0v) is 15.6. The third kappa shape index (κ3) is 2.39. The van der Waals surface area contributed by atoms with Crippen LogP contribution in [0.4, 0.5) is 0 Å². The number of imidazole rings is 1. The highest BCUT2D eigenvalue weighted by atomic mass is 15.4. The van der Waals surface area contributed by atoms with Crippen molar-refractivity contribution in [2.24, 2.45) is 0 Å². The quantitative estimate of drug-likeness (QED) is 0.382. The molecule has 29 heavy (non-hydrogen) atoms. The van der Waals surface area contributed by atoms with E-state index in [0.29, 0.717) is 6.42 Å². The third-order valence-electron chi connectivity index (χ3n) is 5.20. The lowest BCUT2D eigenvalue weighted by molar-refractivity contribution is 0.777. The Kier molecular flexibility index (Phi) is 3.23. The molecule has 5 aromatic rings. The number of fused-ring (bicyclic) bond motifs is 6. The first-order chi connectivity index (χ1) is 14.3. The Morgan fingerprint density at radius 2 is 2.00 bits per heavy atom. The van der Waals surface area contributed by atoms with Gasteiger partial charge in [-0.25, -0.2) is 14.2 Å². The molecule has 1 aromatic carbocycles. The van der Waals surface area contributed by atoms with Crippen LogP contribution in [0.3, 0.4) is 0 Å². The summed E-state index contributed by atoms with van der Waals surface area (Å²) in [4.78, 5) is 4.61. The zero-order chi connectivity index (χ0) is 19.4. The van der Waals surface area contributed by atoms with E-state index in [1.54, 1.807) is 12.4 Å². The molecule has 0 saturated carbocycles. The molecule has 5 heterocycles. The lowest BCUT2D eigenvalue weighted by atomic mass is 10.2. The summed E-state index contributed by atoms with van der Waals surface area (Å²) in [5, 5.41) is 12.8. The van der Waals surface area contributed by atoms with Gasteiger partial charge in [-0.05, 0) is 42.7 Å². The van der Waals surface area contributed by atoms with Crippen LogP contribution in [-0.2, 0) is 6.42 Å². The van der Waals surface area contributed by atoms with Gasteiger partial charge in [0.25, 0.3) is 0 Å². The molecule has 0 radical (unpaired) electrons. The van der Waals surface area contributed by atoms with Gasteiger partial charge in [0.2, 0.25) is 0 Å². The molecule has 7 heteroatoms. The summed E-state index contributed by atoms with van der Waals surface area (Å²) in [6.07, 6.45) is 7.99. The lowest BCUT2D eigenvalue weighted by Crippen LogP contribution is -2.03. The van der Waals surface area contributed by atoms with Crippen LogP contribution in [0.1, 0.15) is 28.2 Å². The van der Waals surface area contributed by atoms with Gasteiger partial charge >= 0.3 is 0 Å². The molecule has 0 spiro atoms. The number of aryl methyl sites for hydroxylation is 1. The van der Waals surface area contributed by atoms with E-state index >= 15 is 0 Å². The number of pyridine rings is 1. The Labute approximate surface area is 166 Å². The van der Waals surface area contributed by atoms with Gasteiger partial charge in [0, 0.05) is 12.6 Å². The molecule has 0 aliphatic carbocycles. The number of nitrogens with zero attached hydrogens (tertiary/aromatic N) is 7. The van der Waals surface area contributed by atoms with Crippen LogP contribution in [0.25, 0.3) is 16.9 Å². The molecule has 1 aliphatic heterocycles. The van der Waals surface area contributed by atoms with Gasteiger partial charge in [-0.2, -0.15) is 5.10 Å². The Morgan fingerprint density at radius 1 is 1.03 bits per heavy atom. The van der Waals surface area contributed by atoms with Crippen molar-refractivity contribution in [3.8, 4) is 23.2 Å². The van der Waals surface area contributed by atoms with E-state index in [1.165, 1.54) is 5.56 Å². The second-order valence-corrected chi connectivity index (χ2v) is 7.05. The normalized spacial score (nSPS) is 11.9. The van der Waals surface area contributed by atoms with Crippen molar-refractivity contribution < 1.29 is 0 Å². The summed E-state index contributed by atoms with van der Waals surface area (Å²) in [5.74, 6) is 6.50. The zero-order valence-electron chi connectivity index (χ0n) is 15.6. The van der Waals surface area contributed by atoms with E-state index < -0.39 is 0 Å². The molecule has 7 nitrogen and oxygen atoms in total. The Morgan fingerprint density at radius 3 is 2.97 bits per heavy atom. The minimum absolute atomic E-state index is 0.652. The van der Waals surface area contributed by atoms with E-state index in [9.17, 15) is 0 Å². The summed E-state index contributed by atoms with van der Waals surface area (Å²) in [6, 6.07) is 12.2. The summed E-state index contributed by atoms with van der Waals surface area (Å²) < 4.78 is 5.82. The van der Waals surface area contributed by atoms with Crippen LogP contribution < -0.4 is 0 Å². The van der Waals surface area contributed by atoms with Crippen LogP contribution in [0.15, 0.2) is 61.3 Å². The van der Waals surface area contributed by atoms with Crippen molar-refractivity contribution in [3.05, 3.63) is 89.5 Å². The van der Waals surface area contributed by atoms with Gasteiger partial charge in [-0.15, -0.1) is 5.10 Å². The van der Waals surface area contributed by atoms with Crippen LogP contribution in [0.2, 0.25) is 0 Å². The molecule has 0 amide bonds. The lowest BCUT2D eigenvalue weighted by Gasteiger charge is -2.10. The highest BCUT2D eigenvalue weighted by Gasteiger charge is 2.22. The number of hydrogen-bond donors (Lipinski definition) is 0. The van der Waals surface area contributed by atoms with Gasteiger partial charge in [-0.3, -0.25) is 4.57 Å². The van der Waals surface area contributed by atoms with Crippen LogP contribution in [0, 0.1) is 18.8 Å². The van der Waals surface area contributed by atoms with Crippen molar-refractivity contribution in [2.75, 3.05) is 0 Å². The van der Waals surface area contributed by atoms with E-state index in [-0.39, 0.29) is 0 Å². The number of aromatic nitrogens is 7. The summed E-state index contributed by atoms with van der Waals surface area (Å²) in [5.41, 5.74) is 7.83. The Balaban J connectivity index is 1.52. The number of hydrogen-bond acceptors (Lipinski definition) is 4. The largest absolute Gasteiger partial charge is 0.299 e. The predicted molar refractivity (Wildman–Crippen MR) is 107 cm³/mol. The third-order valence-corrected chi connectivity index (χ3v) is 5.20. The maximum atomic E-state index is 4.61. The van der Waals surface area contributed by atoms with Crippen LogP contribution in [-0.4, -0.2) is 34.2 Å². The summed E-state index contributed by atoms with van der Waals surface area (Å²) in [7, 11) is 0. The molecule has 6 rings (SSSR count). The highest BCUT2D eigenvalue weighted by Crippen LogP contribution is 2.29. The molecule has 0 bridgehead atoms. The Bertz CT molecular complexity index is 1460. The molecule has 0 fully saturated rings. The minimum Gasteiger partial charge on any atom is -0.299 e. The van der Waals surface area contributed by atoms with Crippen LogP contribution in [0.5, 0.6) is 0 Å². The van der Waals surface area contributed by atoms with Gasteiger partial charge in [0.15, 0.2) is 0 Å². The Hall–Kier alpha value is -4.18. The van der Waals surface area contributed by atoms with Gasteiger partial charge in [0.05, 0.1) is 46.2 Å². The number of benzene rings is 1. The van der Waals surface area contributed by atoms with Crippen molar-refractivity contribution in [3.63, 3.8) is 0 Å². The average Bonchev–Trinajstić information content (AvgIpc) is 3.44. The topological polar surface area (TPSA) is 65.8 Å². The predicted octanol–water partition coefficient (Wildman–Crippen LogP) is 2.71. The first-order valence-corrected chi connectivity index (χ1v) is 9.29. The SMILES string of the molecule is Cc1ccc2c(c1)-n1nncc1Cc1c(C#Cc3cnn4ccccc34)ncn1-2. The van der Waals surface area contributed by atoms with E-state index in [4.69, 9.17) is 0 Å². The van der Waals surface area contributed by atoms with Crippen LogP contribution >= 0.6 is 0 Å². The first kappa shape index (κ1) is 15.8. The first-order valence-electron chi connectivity index (χ1n) is 9.29. The second-order valence-electron chi connectivity index (χ2n) is 7.05. The monoisotopic (exact) mass is 377 g/mol. The van der Waals surface area contributed by atoms with Crippen molar-refractivity contribution in [2.45, 2.75) is 13.3 Å². The standard InChI is InChI=1S/C22H15N7/c1-15-5-8-20-22(10-15)29-17(13-24-26-29)11-21-18(23-14-27(20)21)7-6-16-12-25-28-9-3-2-4-19(16)28/h2-5,8-10,12-14H,11H2,1H3. The molecule has 0 saturated heterocycles. The fourth-order valence-electron chi connectivity index (χ4n) is 3.77. The number of rotatable bonds is 0. The molecular formula is C22H15N7. The van der Waals surface area contributed by atoms with Crippen molar-refractivity contribution in [1.82, 2.24) is 34.2 Å². The molecule has 138 valence electrons. The van der Waals surface area contributed by atoms with E-state index in [2.05, 4.69) is 61.9 Å². The van der Waals surface area contributed by atoms with Gasteiger partial charge in [-0.1, -0.05) is 23.3 Å². The van der Waals surface area contributed by atoms with E-state index in [1.807, 2.05) is 39.9 Å². The molecule has 0 unspecified atom stereocenters. The molecule has 0 N–H and O–H groups in total. The minimum atomic E-state index is 0.652. The molecule has 1 aliphatic rings. The molecule has 4 aromatic heterocycles. The van der Waals surface area contributed by atoms with Crippen molar-refractivity contribution in [1.29, 1.82) is 0 Å². The summed E-state index contributed by atoms with van der Waals surface area (Å²) in [6.45, 7) is 2.07. The maximum absolute atomic E-state index is 4.61. The highest BCUT2D eigenvalue weighted by molar-refractivity contribution is 5.63. The molecule has 0 atom stereocenters. The summed E-state index contributed by atoms with van der Waals surface area (Å²) >= 11 is 0. The van der Waals surface area contributed by atoms with Gasteiger partial charge < -0.3 is 0 Å². The van der Waals surface area contributed by atoms with Gasteiger partial charge in [0.1, 0.15) is 12.0 Å². The fourth-order valence-corrected chi connectivity index (χ4v) is 3.77. The smallest absolute Gasteiger partial charge is 0.135 e. The molecular weight excluding hydrogens is 362 g/mol. The second kappa shape index (κ2) is 5.91. The fraction of sp³-hybridized carbons (Fsp3) is 0.0909. The maximum Gasteiger partial charge on any atom is 0.135 e. The average molecular weight is 377 g/mol. The van der Waals surface area contributed by atoms with E-state index in [0.717, 1.165) is 39.5 Å².